The third-order valence-corrected chi connectivity index (χ3v) is 1.86. The van der Waals surface area contributed by atoms with Gasteiger partial charge in [-0.05, 0) is 32.3 Å². The number of hydrogen-bond acceptors (Lipinski definition) is 1. The highest BCUT2D eigenvalue weighted by Gasteiger charge is 2.06. The van der Waals surface area contributed by atoms with Crippen molar-refractivity contribution in [2.24, 2.45) is 5.92 Å². The van der Waals surface area contributed by atoms with Crippen LogP contribution in [0.15, 0.2) is 12.3 Å². The normalized spacial score (nSPS) is 11.5. The molecule has 1 heterocycles. The highest BCUT2D eigenvalue weighted by atomic mass is 15.3. The first-order chi connectivity index (χ1) is 5.61. The standard InChI is InChI=1S/C10H18N2/c1-8(2)7-10-5-6-11-12(10)9(3)4/h5-6,8-9H,7H2,1-4H3. The summed E-state index contributed by atoms with van der Waals surface area (Å²) in [5, 5.41) is 4.29. The van der Waals surface area contributed by atoms with Crippen LogP contribution in [-0.4, -0.2) is 9.78 Å². The second kappa shape index (κ2) is 3.74. The maximum Gasteiger partial charge on any atom is 0.0492 e. The predicted molar refractivity (Wildman–Crippen MR) is 51.2 cm³/mol. The zero-order chi connectivity index (χ0) is 9.14. The highest BCUT2D eigenvalue weighted by Crippen LogP contribution is 2.11. The summed E-state index contributed by atoms with van der Waals surface area (Å²) in [6, 6.07) is 2.59. The zero-order valence-electron chi connectivity index (χ0n) is 8.41. The monoisotopic (exact) mass is 166 g/mol. The van der Waals surface area contributed by atoms with Gasteiger partial charge in [0.1, 0.15) is 0 Å². The Balaban J connectivity index is 2.77. The predicted octanol–water partition coefficient (Wildman–Crippen LogP) is 2.66. The fraction of sp³-hybridized carbons (Fsp3) is 0.700. The van der Waals surface area contributed by atoms with Gasteiger partial charge in [-0.3, -0.25) is 4.68 Å². The third-order valence-electron chi connectivity index (χ3n) is 1.86. The van der Waals surface area contributed by atoms with Gasteiger partial charge in [0.2, 0.25) is 0 Å². The second-order valence-electron chi connectivity index (χ2n) is 3.96. The van der Waals surface area contributed by atoms with E-state index in [1.165, 1.54) is 5.69 Å². The molecule has 0 unspecified atom stereocenters. The SMILES string of the molecule is CC(C)Cc1ccnn1C(C)C. The molecule has 1 aromatic rings. The first-order valence-corrected chi connectivity index (χ1v) is 4.63. The molecule has 1 aromatic heterocycles. The minimum atomic E-state index is 0.480. The summed E-state index contributed by atoms with van der Waals surface area (Å²) in [6.07, 6.45) is 3.01. The molecular formula is C10H18N2. The Kier molecular flexibility index (Phi) is 2.90. The molecule has 0 atom stereocenters. The number of aromatic nitrogens is 2. The first kappa shape index (κ1) is 9.30. The molecule has 12 heavy (non-hydrogen) atoms. The lowest BCUT2D eigenvalue weighted by molar-refractivity contribution is 0.489. The van der Waals surface area contributed by atoms with E-state index in [1.807, 2.05) is 6.20 Å². The molecular weight excluding hydrogens is 148 g/mol. The van der Waals surface area contributed by atoms with Crippen molar-refractivity contribution in [3.63, 3.8) is 0 Å². The van der Waals surface area contributed by atoms with Gasteiger partial charge in [0.15, 0.2) is 0 Å². The van der Waals surface area contributed by atoms with Crippen molar-refractivity contribution in [3.05, 3.63) is 18.0 Å². The minimum absolute atomic E-state index is 0.480. The van der Waals surface area contributed by atoms with Gasteiger partial charge in [0.25, 0.3) is 0 Å². The molecule has 1 rings (SSSR count). The number of hydrogen-bond donors (Lipinski definition) is 0. The van der Waals surface area contributed by atoms with E-state index in [2.05, 4.69) is 43.5 Å². The van der Waals surface area contributed by atoms with E-state index in [-0.39, 0.29) is 0 Å². The van der Waals surface area contributed by atoms with Crippen molar-refractivity contribution in [1.29, 1.82) is 0 Å². The van der Waals surface area contributed by atoms with Gasteiger partial charge in [0.05, 0.1) is 0 Å². The van der Waals surface area contributed by atoms with E-state index in [4.69, 9.17) is 0 Å². The molecule has 0 aliphatic heterocycles. The van der Waals surface area contributed by atoms with Crippen molar-refractivity contribution in [2.45, 2.75) is 40.2 Å². The molecule has 0 radical (unpaired) electrons. The lowest BCUT2D eigenvalue weighted by Crippen LogP contribution is -2.09. The van der Waals surface area contributed by atoms with Crippen molar-refractivity contribution in [3.8, 4) is 0 Å². The van der Waals surface area contributed by atoms with E-state index in [0.717, 1.165) is 6.42 Å². The quantitative estimate of drug-likeness (QED) is 0.675. The summed E-state index contributed by atoms with van der Waals surface area (Å²) in [4.78, 5) is 0. The average Bonchev–Trinajstić information content (AvgIpc) is 2.33. The molecule has 68 valence electrons. The van der Waals surface area contributed by atoms with Gasteiger partial charge in [-0.25, -0.2) is 0 Å². The van der Waals surface area contributed by atoms with Crippen LogP contribution in [0.2, 0.25) is 0 Å². The summed E-state index contributed by atoms with van der Waals surface area (Å²) in [6.45, 7) is 8.79. The molecule has 2 nitrogen and oxygen atoms in total. The van der Waals surface area contributed by atoms with Crippen LogP contribution < -0.4 is 0 Å². The molecule has 0 aliphatic rings. The van der Waals surface area contributed by atoms with Gasteiger partial charge in [-0.15, -0.1) is 0 Å². The summed E-state index contributed by atoms with van der Waals surface area (Å²) < 4.78 is 2.10. The molecule has 0 aliphatic carbocycles. The number of rotatable bonds is 3. The molecule has 0 fully saturated rings. The Labute approximate surface area is 74.6 Å². The van der Waals surface area contributed by atoms with Gasteiger partial charge in [-0.1, -0.05) is 13.8 Å². The van der Waals surface area contributed by atoms with Gasteiger partial charge in [-0.2, -0.15) is 5.10 Å². The number of nitrogens with zero attached hydrogens (tertiary/aromatic N) is 2. The zero-order valence-corrected chi connectivity index (χ0v) is 8.41. The maximum atomic E-state index is 4.29. The fourth-order valence-corrected chi connectivity index (χ4v) is 1.39. The molecule has 0 spiro atoms. The first-order valence-electron chi connectivity index (χ1n) is 4.63. The Morgan fingerprint density at radius 2 is 2.00 bits per heavy atom. The molecule has 0 amide bonds. The van der Waals surface area contributed by atoms with Crippen LogP contribution >= 0.6 is 0 Å². The van der Waals surface area contributed by atoms with Gasteiger partial charge in [0, 0.05) is 17.9 Å². The molecule has 0 bridgehead atoms. The molecule has 0 saturated carbocycles. The minimum Gasteiger partial charge on any atom is -0.267 e. The van der Waals surface area contributed by atoms with E-state index in [1.54, 1.807) is 0 Å². The Bertz CT molecular complexity index is 236. The van der Waals surface area contributed by atoms with Crippen molar-refractivity contribution in [2.75, 3.05) is 0 Å². The van der Waals surface area contributed by atoms with Crippen LogP contribution in [-0.2, 0) is 6.42 Å². The van der Waals surface area contributed by atoms with E-state index in [9.17, 15) is 0 Å². The summed E-state index contributed by atoms with van der Waals surface area (Å²) >= 11 is 0. The third kappa shape index (κ3) is 2.10. The van der Waals surface area contributed by atoms with Crippen LogP contribution in [0.3, 0.4) is 0 Å². The van der Waals surface area contributed by atoms with Gasteiger partial charge < -0.3 is 0 Å². The topological polar surface area (TPSA) is 17.8 Å². The van der Waals surface area contributed by atoms with Crippen LogP contribution in [0.4, 0.5) is 0 Å². The van der Waals surface area contributed by atoms with Crippen molar-refractivity contribution < 1.29 is 0 Å². The molecule has 0 saturated heterocycles. The van der Waals surface area contributed by atoms with E-state index >= 15 is 0 Å². The molecule has 0 aromatic carbocycles. The Hall–Kier alpha value is -0.790. The van der Waals surface area contributed by atoms with Crippen LogP contribution in [0.1, 0.15) is 39.4 Å². The van der Waals surface area contributed by atoms with Crippen molar-refractivity contribution >= 4 is 0 Å². The van der Waals surface area contributed by atoms with Crippen LogP contribution in [0.25, 0.3) is 0 Å². The Morgan fingerprint density at radius 3 is 2.50 bits per heavy atom. The van der Waals surface area contributed by atoms with Crippen LogP contribution in [0.5, 0.6) is 0 Å². The van der Waals surface area contributed by atoms with Crippen molar-refractivity contribution in [1.82, 2.24) is 9.78 Å². The second-order valence-corrected chi connectivity index (χ2v) is 3.96. The maximum absolute atomic E-state index is 4.29. The average molecular weight is 166 g/mol. The Morgan fingerprint density at radius 1 is 1.33 bits per heavy atom. The van der Waals surface area contributed by atoms with Gasteiger partial charge >= 0.3 is 0 Å². The summed E-state index contributed by atoms with van der Waals surface area (Å²) in [5.74, 6) is 0.708. The highest BCUT2D eigenvalue weighted by molar-refractivity contribution is 5.02. The largest absolute Gasteiger partial charge is 0.267 e. The lowest BCUT2D eigenvalue weighted by atomic mass is 10.1. The summed E-state index contributed by atoms with van der Waals surface area (Å²) in [5.41, 5.74) is 1.35. The summed E-state index contributed by atoms with van der Waals surface area (Å²) in [7, 11) is 0. The molecule has 0 N–H and O–H groups in total. The van der Waals surface area contributed by atoms with Crippen LogP contribution in [0, 0.1) is 5.92 Å². The van der Waals surface area contributed by atoms with E-state index < -0.39 is 0 Å². The smallest absolute Gasteiger partial charge is 0.0492 e. The lowest BCUT2D eigenvalue weighted by Gasteiger charge is -2.11. The van der Waals surface area contributed by atoms with E-state index in [0.29, 0.717) is 12.0 Å². The fourth-order valence-electron chi connectivity index (χ4n) is 1.39. The molecule has 2 heteroatoms.